The fourth-order valence-electron chi connectivity index (χ4n) is 3.78. The monoisotopic (exact) mass is 245 g/mol. The molecule has 3 atom stereocenters. The summed E-state index contributed by atoms with van der Waals surface area (Å²) in [6, 6.07) is 0. The van der Waals surface area contributed by atoms with Crippen molar-refractivity contribution < 1.29 is 9.53 Å². The summed E-state index contributed by atoms with van der Waals surface area (Å²) in [5.74, 6) is -0.131. The van der Waals surface area contributed by atoms with Crippen LogP contribution in [0.5, 0.6) is 0 Å². The average Bonchev–Trinajstić information content (AvgIpc) is 2.60. The van der Waals surface area contributed by atoms with Crippen molar-refractivity contribution in [2.75, 3.05) is 7.11 Å². The lowest BCUT2D eigenvalue weighted by atomic mass is 9.67. The minimum Gasteiger partial charge on any atom is -0.468 e. The number of nitrogens with zero attached hydrogens (tertiary/aromatic N) is 1. The molecule has 0 aromatic heterocycles. The summed E-state index contributed by atoms with van der Waals surface area (Å²) in [5, 5.41) is 3.05. The highest BCUT2D eigenvalue weighted by Gasteiger charge is 2.76. The zero-order chi connectivity index (χ0) is 12.2. The smallest absolute Gasteiger partial charge is 0.316 e. The number of halogens is 1. The average molecular weight is 246 g/mol. The van der Waals surface area contributed by atoms with Crippen LogP contribution >= 0.6 is 11.6 Å². The summed E-state index contributed by atoms with van der Waals surface area (Å²) >= 11 is 6.29. The van der Waals surface area contributed by atoms with Crippen molar-refractivity contribution >= 4 is 17.6 Å². The Bertz CT molecular complexity index is 357. The molecule has 2 fully saturated rings. The molecular weight excluding hydrogens is 230 g/mol. The number of carbonyl (C=O) groups is 1. The van der Waals surface area contributed by atoms with Gasteiger partial charge in [0.15, 0.2) is 5.00 Å². The number of alkyl halides is 1. The van der Waals surface area contributed by atoms with Gasteiger partial charge in [-0.15, -0.1) is 4.91 Å². The maximum Gasteiger partial charge on any atom is 0.316 e. The highest BCUT2D eigenvalue weighted by atomic mass is 35.5. The van der Waals surface area contributed by atoms with Gasteiger partial charge in [0, 0.05) is 0 Å². The predicted octanol–water partition coefficient (Wildman–Crippen LogP) is 2.69. The van der Waals surface area contributed by atoms with E-state index in [1.807, 2.05) is 13.8 Å². The Morgan fingerprint density at radius 3 is 2.56 bits per heavy atom. The normalized spacial score (nSPS) is 44.4. The third-order valence-corrected chi connectivity index (χ3v) is 5.38. The first-order valence-corrected chi connectivity index (χ1v) is 5.85. The van der Waals surface area contributed by atoms with E-state index in [0.29, 0.717) is 12.8 Å². The number of carbonyl (C=O) groups excluding carboxylic acids is 1. The van der Waals surface area contributed by atoms with Gasteiger partial charge in [-0.25, -0.2) is 0 Å². The van der Waals surface area contributed by atoms with Crippen LogP contribution < -0.4 is 0 Å². The Kier molecular flexibility index (Phi) is 2.36. The van der Waals surface area contributed by atoms with Crippen LogP contribution in [0.3, 0.4) is 0 Å². The molecule has 0 amide bonds. The van der Waals surface area contributed by atoms with E-state index in [0.717, 1.165) is 6.42 Å². The summed E-state index contributed by atoms with van der Waals surface area (Å²) in [6.45, 7) is 3.97. The second kappa shape index (κ2) is 3.19. The van der Waals surface area contributed by atoms with Crippen molar-refractivity contribution in [1.82, 2.24) is 0 Å². The first kappa shape index (κ1) is 11.8. The molecule has 16 heavy (non-hydrogen) atoms. The Hall–Kier alpha value is -0.640. The Morgan fingerprint density at radius 2 is 2.12 bits per heavy atom. The van der Waals surface area contributed by atoms with E-state index in [1.54, 1.807) is 0 Å². The van der Waals surface area contributed by atoms with Gasteiger partial charge in [0.2, 0.25) is 0 Å². The molecule has 2 saturated carbocycles. The molecule has 0 aromatic carbocycles. The number of ether oxygens (including phenoxy) is 1. The van der Waals surface area contributed by atoms with Gasteiger partial charge in [0.1, 0.15) is 5.41 Å². The number of nitroso groups, excluding NO2 is 1. The van der Waals surface area contributed by atoms with Crippen molar-refractivity contribution in [3.05, 3.63) is 4.91 Å². The summed E-state index contributed by atoms with van der Waals surface area (Å²) in [6.07, 6.45) is 1.97. The predicted molar refractivity (Wildman–Crippen MR) is 60.0 cm³/mol. The van der Waals surface area contributed by atoms with Gasteiger partial charge >= 0.3 is 5.97 Å². The molecule has 2 bridgehead atoms. The van der Waals surface area contributed by atoms with E-state index in [4.69, 9.17) is 16.3 Å². The number of methoxy groups -OCH3 is 1. The van der Waals surface area contributed by atoms with Crippen LogP contribution in [0.1, 0.15) is 33.1 Å². The van der Waals surface area contributed by atoms with Crippen LogP contribution in [-0.2, 0) is 9.53 Å². The Balaban J connectivity index is 2.59. The minimum absolute atomic E-state index is 0.266. The number of fused-ring (bicyclic) bond motifs is 2. The van der Waals surface area contributed by atoms with Crippen molar-refractivity contribution in [3.8, 4) is 0 Å². The maximum atomic E-state index is 12.1. The lowest BCUT2D eigenvalue weighted by Gasteiger charge is -2.40. The van der Waals surface area contributed by atoms with Crippen molar-refractivity contribution in [2.45, 2.75) is 38.1 Å². The van der Waals surface area contributed by atoms with Gasteiger partial charge in [0.25, 0.3) is 0 Å². The van der Waals surface area contributed by atoms with E-state index in [2.05, 4.69) is 5.18 Å². The Labute approximate surface area is 99.7 Å². The maximum absolute atomic E-state index is 12.1. The van der Waals surface area contributed by atoms with Crippen LogP contribution in [0.15, 0.2) is 5.18 Å². The third kappa shape index (κ3) is 0.992. The van der Waals surface area contributed by atoms with E-state index in [9.17, 15) is 9.70 Å². The van der Waals surface area contributed by atoms with Crippen LogP contribution in [-0.4, -0.2) is 18.1 Å². The second-order valence-electron chi connectivity index (χ2n) is 5.41. The SMILES string of the molecule is COC(=O)[C@]12CC[C@H](C[C@@]1(Cl)N=O)C2(C)C. The molecule has 0 aromatic rings. The first-order valence-electron chi connectivity index (χ1n) is 5.47. The van der Waals surface area contributed by atoms with Gasteiger partial charge in [-0.2, -0.15) is 0 Å². The molecule has 0 aliphatic heterocycles. The van der Waals surface area contributed by atoms with Crippen molar-refractivity contribution in [3.63, 3.8) is 0 Å². The fraction of sp³-hybridized carbons (Fsp3) is 0.909. The van der Waals surface area contributed by atoms with Crippen LogP contribution in [0, 0.1) is 21.7 Å². The molecule has 2 aliphatic rings. The lowest BCUT2D eigenvalue weighted by Crippen LogP contribution is -2.50. The molecule has 2 aliphatic carbocycles. The largest absolute Gasteiger partial charge is 0.468 e. The van der Waals surface area contributed by atoms with Gasteiger partial charge in [-0.05, 0) is 35.8 Å². The number of hydrogen-bond donors (Lipinski definition) is 0. The molecule has 4 nitrogen and oxygen atoms in total. The summed E-state index contributed by atoms with van der Waals surface area (Å²) in [5.41, 5.74) is -1.28. The van der Waals surface area contributed by atoms with Crippen LogP contribution in [0.2, 0.25) is 0 Å². The highest BCUT2D eigenvalue weighted by molar-refractivity contribution is 6.26. The molecule has 2 rings (SSSR count). The number of rotatable bonds is 2. The quantitative estimate of drug-likeness (QED) is 0.325. The molecule has 0 N–H and O–H groups in total. The minimum atomic E-state index is -1.33. The molecule has 0 heterocycles. The molecule has 5 heteroatoms. The third-order valence-electron chi connectivity index (χ3n) is 4.84. The van der Waals surface area contributed by atoms with Crippen LogP contribution in [0.4, 0.5) is 0 Å². The fourth-order valence-corrected chi connectivity index (χ4v) is 4.38. The van der Waals surface area contributed by atoms with Gasteiger partial charge < -0.3 is 4.74 Å². The van der Waals surface area contributed by atoms with Gasteiger partial charge in [0.05, 0.1) is 7.11 Å². The van der Waals surface area contributed by atoms with E-state index >= 15 is 0 Å². The van der Waals surface area contributed by atoms with Crippen LogP contribution in [0.25, 0.3) is 0 Å². The highest BCUT2D eigenvalue weighted by Crippen LogP contribution is 2.72. The van der Waals surface area contributed by atoms with Gasteiger partial charge in [-0.1, -0.05) is 25.4 Å². The van der Waals surface area contributed by atoms with Gasteiger partial charge in [-0.3, -0.25) is 4.79 Å². The summed E-state index contributed by atoms with van der Waals surface area (Å²) in [4.78, 5) is 21.8. The molecule has 90 valence electrons. The topological polar surface area (TPSA) is 55.7 Å². The standard InChI is InChI=1S/C11H16ClNO3/c1-9(2)7-4-5-10(9,8(14)16-3)11(12,6-7)13-15/h7H,4-6H2,1-3H3/t7-,10+,11-/m1/s1. The second-order valence-corrected chi connectivity index (χ2v) is 6.03. The Morgan fingerprint density at radius 1 is 1.50 bits per heavy atom. The van der Waals surface area contributed by atoms with Crippen molar-refractivity contribution in [2.24, 2.45) is 21.9 Å². The summed E-state index contributed by atoms with van der Waals surface area (Å²) in [7, 11) is 1.33. The number of esters is 1. The molecular formula is C11H16ClNO3. The lowest BCUT2D eigenvalue weighted by molar-refractivity contribution is -0.159. The van der Waals surface area contributed by atoms with E-state index in [1.165, 1.54) is 7.11 Å². The zero-order valence-electron chi connectivity index (χ0n) is 9.75. The summed E-state index contributed by atoms with van der Waals surface area (Å²) < 4.78 is 4.87. The van der Waals surface area contributed by atoms with Crippen molar-refractivity contribution in [1.29, 1.82) is 0 Å². The van der Waals surface area contributed by atoms with E-state index in [-0.39, 0.29) is 11.3 Å². The number of hydrogen-bond acceptors (Lipinski definition) is 4. The molecule has 0 saturated heterocycles. The zero-order valence-corrected chi connectivity index (χ0v) is 10.5. The first-order chi connectivity index (χ1) is 7.35. The van der Waals surface area contributed by atoms with E-state index < -0.39 is 16.4 Å². The molecule has 0 spiro atoms. The molecule has 0 radical (unpaired) electrons. The molecule has 0 unspecified atom stereocenters.